The van der Waals surface area contributed by atoms with Crippen LogP contribution in [-0.2, 0) is 0 Å². The maximum atomic E-state index is 12.3. The van der Waals surface area contributed by atoms with E-state index in [1.54, 1.807) is 19.2 Å². The molecule has 1 amide bonds. The van der Waals surface area contributed by atoms with Gasteiger partial charge in [0.05, 0.1) is 25.6 Å². The molecule has 1 aromatic carbocycles. The first-order chi connectivity index (χ1) is 9.40. The van der Waals surface area contributed by atoms with Gasteiger partial charge in [-0.25, -0.2) is 4.79 Å². The fraction of sp³-hybridized carbons (Fsp3) is 0.0769. The van der Waals surface area contributed by atoms with Gasteiger partial charge in [-0.3, -0.25) is 4.79 Å². The minimum Gasteiger partial charge on any atom is -0.478 e. The number of rotatable bonds is 3. The quantitative estimate of drug-likeness (QED) is 0.829. The topological polar surface area (TPSA) is 83.6 Å². The number of carboxylic acid groups (broad SMARTS) is 1. The zero-order chi connectivity index (χ0) is 14.9. The van der Waals surface area contributed by atoms with Crippen LogP contribution in [0.5, 0.6) is 0 Å². The van der Waals surface area contributed by atoms with Crippen LogP contribution in [0.15, 0.2) is 34.1 Å². The Morgan fingerprint density at radius 1 is 1.30 bits per heavy atom. The van der Waals surface area contributed by atoms with E-state index in [9.17, 15) is 9.59 Å². The van der Waals surface area contributed by atoms with Gasteiger partial charge in [-0.1, -0.05) is 0 Å². The minimum atomic E-state index is -1.06. The van der Waals surface area contributed by atoms with E-state index < -0.39 is 5.97 Å². The standard InChI is InChI=1S/C13H11BrN2O3S/c1-16(12(17)10-4-5-11(14)20-10)9-3-2-7(13(18)19)6-8(9)15/h2-6H,15H2,1H3,(H,18,19). The van der Waals surface area contributed by atoms with Gasteiger partial charge in [0.2, 0.25) is 0 Å². The summed E-state index contributed by atoms with van der Waals surface area (Å²) in [5, 5.41) is 8.89. The molecule has 0 aliphatic carbocycles. The molecule has 0 atom stereocenters. The lowest BCUT2D eigenvalue weighted by molar-refractivity contribution is 0.0697. The third-order valence-electron chi connectivity index (χ3n) is 2.72. The number of carbonyl (C=O) groups excluding carboxylic acids is 1. The van der Waals surface area contributed by atoms with E-state index in [0.29, 0.717) is 10.6 Å². The van der Waals surface area contributed by atoms with Crippen LogP contribution in [0, 0.1) is 0 Å². The van der Waals surface area contributed by atoms with Gasteiger partial charge in [0.25, 0.3) is 5.91 Å². The third-order valence-corrected chi connectivity index (χ3v) is 4.34. The van der Waals surface area contributed by atoms with Crippen molar-refractivity contribution in [2.24, 2.45) is 0 Å². The summed E-state index contributed by atoms with van der Waals surface area (Å²) in [4.78, 5) is 25.1. The van der Waals surface area contributed by atoms with Crippen molar-refractivity contribution >= 4 is 50.5 Å². The molecular formula is C13H11BrN2O3S. The summed E-state index contributed by atoms with van der Waals surface area (Å²) in [6.45, 7) is 0. The Hall–Kier alpha value is -1.86. The molecule has 104 valence electrons. The van der Waals surface area contributed by atoms with Gasteiger partial charge in [-0.15, -0.1) is 11.3 Å². The maximum Gasteiger partial charge on any atom is 0.335 e. The first kappa shape index (κ1) is 14.5. The highest BCUT2D eigenvalue weighted by Crippen LogP contribution is 2.28. The molecule has 0 spiro atoms. The van der Waals surface area contributed by atoms with Crippen molar-refractivity contribution in [3.8, 4) is 0 Å². The first-order valence-corrected chi connectivity index (χ1v) is 7.17. The summed E-state index contributed by atoms with van der Waals surface area (Å²) < 4.78 is 0.864. The van der Waals surface area contributed by atoms with E-state index in [4.69, 9.17) is 10.8 Å². The Labute approximate surface area is 127 Å². The van der Waals surface area contributed by atoms with Crippen LogP contribution in [0.25, 0.3) is 0 Å². The second-order valence-corrected chi connectivity index (χ2v) is 6.51. The summed E-state index contributed by atoms with van der Waals surface area (Å²) in [6, 6.07) is 7.80. The summed E-state index contributed by atoms with van der Waals surface area (Å²) >= 11 is 4.63. The largest absolute Gasteiger partial charge is 0.478 e. The van der Waals surface area contributed by atoms with Crippen LogP contribution in [0.3, 0.4) is 0 Å². The van der Waals surface area contributed by atoms with Crippen LogP contribution >= 0.6 is 27.3 Å². The molecule has 1 heterocycles. The van der Waals surface area contributed by atoms with Crippen LogP contribution in [0.2, 0.25) is 0 Å². The fourth-order valence-electron chi connectivity index (χ4n) is 1.70. The predicted molar refractivity (Wildman–Crippen MR) is 82.6 cm³/mol. The molecule has 2 rings (SSSR count). The third kappa shape index (κ3) is 2.83. The minimum absolute atomic E-state index is 0.0889. The number of benzene rings is 1. The highest BCUT2D eigenvalue weighted by atomic mass is 79.9. The molecule has 7 heteroatoms. The number of hydrogen-bond acceptors (Lipinski definition) is 4. The molecular weight excluding hydrogens is 344 g/mol. The summed E-state index contributed by atoms with van der Waals surface area (Å²) in [5.74, 6) is -1.25. The number of nitrogens with two attached hydrogens (primary N) is 1. The molecule has 0 saturated carbocycles. The molecule has 0 aliphatic heterocycles. The molecule has 0 bridgehead atoms. The van der Waals surface area contributed by atoms with Crippen molar-refractivity contribution in [1.29, 1.82) is 0 Å². The number of halogens is 1. The van der Waals surface area contributed by atoms with Gasteiger partial charge >= 0.3 is 5.97 Å². The number of nitrogens with zero attached hydrogens (tertiary/aromatic N) is 1. The lowest BCUT2D eigenvalue weighted by atomic mass is 10.1. The van der Waals surface area contributed by atoms with Gasteiger partial charge in [0.15, 0.2) is 0 Å². The molecule has 2 aromatic rings. The number of hydrogen-bond donors (Lipinski definition) is 2. The van der Waals surface area contributed by atoms with Crippen LogP contribution in [0.4, 0.5) is 11.4 Å². The second-order valence-electron chi connectivity index (χ2n) is 4.05. The lowest BCUT2D eigenvalue weighted by Gasteiger charge is -2.18. The van der Waals surface area contributed by atoms with Crippen LogP contribution in [0.1, 0.15) is 20.0 Å². The molecule has 0 fully saturated rings. The van der Waals surface area contributed by atoms with E-state index in [1.807, 2.05) is 0 Å². The number of aromatic carboxylic acids is 1. The van der Waals surface area contributed by atoms with Gasteiger partial charge in [0, 0.05) is 7.05 Å². The fourth-order valence-corrected chi connectivity index (χ4v) is 3.06. The van der Waals surface area contributed by atoms with Crippen molar-refractivity contribution in [3.63, 3.8) is 0 Å². The molecule has 0 unspecified atom stereocenters. The highest BCUT2D eigenvalue weighted by molar-refractivity contribution is 9.11. The van der Waals surface area contributed by atoms with E-state index in [0.717, 1.165) is 3.79 Å². The molecule has 0 saturated heterocycles. The number of nitrogen functional groups attached to an aromatic ring is 1. The van der Waals surface area contributed by atoms with Gasteiger partial charge in [-0.05, 0) is 46.3 Å². The van der Waals surface area contributed by atoms with Crippen molar-refractivity contribution in [2.45, 2.75) is 0 Å². The number of thiophene rings is 1. The van der Waals surface area contributed by atoms with E-state index >= 15 is 0 Å². The van der Waals surface area contributed by atoms with Gasteiger partial charge < -0.3 is 15.7 Å². The maximum absolute atomic E-state index is 12.3. The van der Waals surface area contributed by atoms with Gasteiger partial charge in [0.1, 0.15) is 0 Å². The van der Waals surface area contributed by atoms with Crippen LogP contribution in [-0.4, -0.2) is 24.0 Å². The molecule has 0 radical (unpaired) electrons. The second kappa shape index (κ2) is 5.64. The SMILES string of the molecule is CN(C(=O)c1ccc(Br)s1)c1ccc(C(=O)O)cc1N. The predicted octanol–water partition coefficient (Wildman–Crippen LogP) is 3.07. The van der Waals surface area contributed by atoms with Crippen molar-refractivity contribution in [2.75, 3.05) is 17.7 Å². The monoisotopic (exact) mass is 354 g/mol. The first-order valence-electron chi connectivity index (χ1n) is 5.56. The zero-order valence-electron chi connectivity index (χ0n) is 10.5. The highest BCUT2D eigenvalue weighted by Gasteiger charge is 2.18. The van der Waals surface area contributed by atoms with Crippen molar-refractivity contribution in [3.05, 3.63) is 44.6 Å². The Balaban J connectivity index is 2.31. The Bertz CT molecular complexity index is 684. The number of carboxylic acids is 1. The average molecular weight is 355 g/mol. The number of amides is 1. The summed E-state index contributed by atoms with van der Waals surface area (Å²) in [7, 11) is 1.60. The zero-order valence-corrected chi connectivity index (χ0v) is 12.9. The van der Waals surface area contributed by atoms with E-state index in [1.165, 1.54) is 34.4 Å². The lowest BCUT2D eigenvalue weighted by Crippen LogP contribution is -2.26. The van der Waals surface area contributed by atoms with E-state index in [2.05, 4.69) is 15.9 Å². The normalized spacial score (nSPS) is 10.3. The molecule has 20 heavy (non-hydrogen) atoms. The summed E-state index contributed by atoms with van der Waals surface area (Å²) in [5.41, 5.74) is 6.63. The van der Waals surface area contributed by atoms with Crippen molar-refractivity contribution < 1.29 is 14.7 Å². The average Bonchev–Trinajstić information content (AvgIpc) is 2.83. The Morgan fingerprint density at radius 2 is 2.00 bits per heavy atom. The van der Waals surface area contributed by atoms with Gasteiger partial charge in [-0.2, -0.15) is 0 Å². The smallest absolute Gasteiger partial charge is 0.335 e. The molecule has 3 N–H and O–H groups in total. The molecule has 1 aromatic heterocycles. The Morgan fingerprint density at radius 3 is 2.50 bits per heavy atom. The summed E-state index contributed by atoms with van der Waals surface area (Å²) in [6.07, 6.45) is 0. The van der Waals surface area contributed by atoms with E-state index in [-0.39, 0.29) is 17.2 Å². The molecule has 0 aliphatic rings. The number of carbonyl (C=O) groups is 2. The Kier molecular flexibility index (Phi) is 4.10. The number of anilines is 2. The van der Waals surface area contributed by atoms with Crippen LogP contribution < -0.4 is 10.6 Å². The molecule has 5 nitrogen and oxygen atoms in total. The van der Waals surface area contributed by atoms with Crippen molar-refractivity contribution in [1.82, 2.24) is 0 Å².